The standard InChI is InChI=1S/C18H33N3O2.ClH/c1-13(20-18(23)15-9-5-6-10-15)11-17(22)21-16(12-19)14-7-3-2-4-8-14;/h13-16H,2-12,19H2,1H3,(H,20,23)(H,21,22);1H. The highest BCUT2D eigenvalue weighted by molar-refractivity contribution is 5.85. The average molecular weight is 360 g/mol. The topological polar surface area (TPSA) is 84.2 Å². The lowest BCUT2D eigenvalue weighted by molar-refractivity contribution is -0.126. The number of carbonyl (C=O) groups is 2. The average Bonchev–Trinajstić information content (AvgIpc) is 3.07. The third kappa shape index (κ3) is 6.60. The lowest BCUT2D eigenvalue weighted by Crippen LogP contribution is -2.48. The van der Waals surface area contributed by atoms with Crippen LogP contribution in [0.3, 0.4) is 0 Å². The SMILES string of the molecule is CC(CC(=O)NC(CN)C1CCCCC1)NC(=O)C1CCCC1.Cl. The zero-order valence-corrected chi connectivity index (χ0v) is 15.7. The Balaban J connectivity index is 0.00000288. The van der Waals surface area contributed by atoms with Crippen LogP contribution in [0.5, 0.6) is 0 Å². The van der Waals surface area contributed by atoms with Gasteiger partial charge < -0.3 is 16.4 Å². The Morgan fingerprint density at radius 3 is 2.17 bits per heavy atom. The van der Waals surface area contributed by atoms with Crippen molar-refractivity contribution in [2.45, 2.75) is 83.2 Å². The molecule has 0 radical (unpaired) electrons. The van der Waals surface area contributed by atoms with E-state index in [0.717, 1.165) is 38.5 Å². The number of hydrogen-bond acceptors (Lipinski definition) is 3. The Labute approximate surface area is 152 Å². The predicted octanol–water partition coefficient (Wildman–Crippen LogP) is 2.52. The van der Waals surface area contributed by atoms with Crippen LogP contribution in [0.25, 0.3) is 0 Å². The summed E-state index contributed by atoms with van der Waals surface area (Å²) in [5.41, 5.74) is 5.86. The van der Waals surface area contributed by atoms with Crippen LogP contribution in [0.4, 0.5) is 0 Å². The van der Waals surface area contributed by atoms with Gasteiger partial charge in [-0.3, -0.25) is 9.59 Å². The van der Waals surface area contributed by atoms with Gasteiger partial charge in [-0.15, -0.1) is 12.4 Å². The van der Waals surface area contributed by atoms with Gasteiger partial charge >= 0.3 is 0 Å². The fourth-order valence-electron chi connectivity index (χ4n) is 4.05. The zero-order valence-electron chi connectivity index (χ0n) is 14.9. The van der Waals surface area contributed by atoms with Crippen LogP contribution in [0.15, 0.2) is 0 Å². The fraction of sp³-hybridized carbons (Fsp3) is 0.889. The van der Waals surface area contributed by atoms with Crippen LogP contribution in [0, 0.1) is 11.8 Å². The van der Waals surface area contributed by atoms with Crippen molar-refractivity contribution in [3.8, 4) is 0 Å². The van der Waals surface area contributed by atoms with Gasteiger partial charge in [0.05, 0.1) is 0 Å². The molecule has 140 valence electrons. The van der Waals surface area contributed by atoms with E-state index in [9.17, 15) is 9.59 Å². The van der Waals surface area contributed by atoms with Crippen molar-refractivity contribution in [2.75, 3.05) is 6.54 Å². The summed E-state index contributed by atoms with van der Waals surface area (Å²) in [6.07, 6.45) is 10.7. The molecule has 0 bridgehead atoms. The van der Waals surface area contributed by atoms with E-state index in [4.69, 9.17) is 5.73 Å². The molecule has 0 aromatic heterocycles. The van der Waals surface area contributed by atoms with Crippen molar-refractivity contribution in [3.63, 3.8) is 0 Å². The van der Waals surface area contributed by atoms with Crippen LogP contribution >= 0.6 is 12.4 Å². The van der Waals surface area contributed by atoms with E-state index in [-0.39, 0.29) is 42.2 Å². The van der Waals surface area contributed by atoms with Crippen LogP contribution in [0.1, 0.15) is 71.1 Å². The van der Waals surface area contributed by atoms with Gasteiger partial charge in [0, 0.05) is 31.0 Å². The van der Waals surface area contributed by atoms with Crippen molar-refractivity contribution in [3.05, 3.63) is 0 Å². The molecule has 2 rings (SSSR count). The number of carbonyl (C=O) groups excluding carboxylic acids is 2. The molecule has 4 N–H and O–H groups in total. The number of nitrogens with one attached hydrogen (secondary N) is 2. The maximum atomic E-state index is 12.3. The predicted molar refractivity (Wildman–Crippen MR) is 99.0 cm³/mol. The molecule has 2 fully saturated rings. The normalized spacial score (nSPS) is 21.6. The first kappa shape index (κ1) is 21.2. The van der Waals surface area contributed by atoms with Gasteiger partial charge in [0.15, 0.2) is 0 Å². The lowest BCUT2D eigenvalue weighted by atomic mass is 9.84. The quantitative estimate of drug-likeness (QED) is 0.653. The van der Waals surface area contributed by atoms with Gasteiger partial charge in [0.1, 0.15) is 0 Å². The van der Waals surface area contributed by atoms with Crippen LogP contribution < -0.4 is 16.4 Å². The van der Waals surface area contributed by atoms with Gasteiger partial charge in [0.25, 0.3) is 0 Å². The van der Waals surface area contributed by atoms with Crippen molar-refractivity contribution >= 4 is 24.2 Å². The molecule has 5 nitrogen and oxygen atoms in total. The number of hydrogen-bond donors (Lipinski definition) is 3. The summed E-state index contributed by atoms with van der Waals surface area (Å²) >= 11 is 0. The number of nitrogens with two attached hydrogens (primary N) is 1. The molecule has 0 aliphatic heterocycles. The fourth-order valence-corrected chi connectivity index (χ4v) is 4.05. The molecule has 6 heteroatoms. The second kappa shape index (κ2) is 10.9. The summed E-state index contributed by atoms with van der Waals surface area (Å²) in [5.74, 6) is 0.788. The third-order valence-electron chi connectivity index (χ3n) is 5.43. The molecule has 0 heterocycles. The minimum absolute atomic E-state index is 0. The molecule has 0 spiro atoms. The molecule has 0 aromatic rings. The lowest BCUT2D eigenvalue weighted by Gasteiger charge is -2.30. The van der Waals surface area contributed by atoms with Crippen molar-refractivity contribution in [2.24, 2.45) is 17.6 Å². The molecule has 24 heavy (non-hydrogen) atoms. The Morgan fingerprint density at radius 2 is 1.58 bits per heavy atom. The van der Waals surface area contributed by atoms with Gasteiger partial charge in [0.2, 0.25) is 11.8 Å². The highest BCUT2D eigenvalue weighted by atomic mass is 35.5. The van der Waals surface area contributed by atoms with Gasteiger partial charge in [-0.25, -0.2) is 0 Å². The molecule has 2 aliphatic rings. The van der Waals surface area contributed by atoms with Crippen molar-refractivity contribution in [1.29, 1.82) is 0 Å². The molecule has 2 atom stereocenters. The van der Waals surface area contributed by atoms with E-state index in [1.165, 1.54) is 19.3 Å². The summed E-state index contributed by atoms with van der Waals surface area (Å²) in [6, 6.07) is -0.0339. The summed E-state index contributed by atoms with van der Waals surface area (Å²) in [7, 11) is 0. The Bertz CT molecular complexity index is 394. The molecular weight excluding hydrogens is 326 g/mol. The molecule has 2 saturated carbocycles. The van der Waals surface area contributed by atoms with Gasteiger partial charge in [-0.05, 0) is 38.5 Å². The first-order valence-corrected chi connectivity index (χ1v) is 9.40. The van der Waals surface area contributed by atoms with Crippen molar-refractivity contribution in [1.82, 2.24) is 10.6 Å². The minimum Gasteiger partial charge on any atom is -0.353 e. The zero-order chi connectivity index (χ0) is 16.7. The van der Waals surface area contributed by atoms with Crippen molar-refractivity contribution < 1.29 is 9.59 Å². The number of halogens is 1. The van der Waals surface area contributed by atoms with Gasteiger partial charge in [-0.1, -0.05) is 32.1 Å². The van der Waals surface area contributed by atoms with Crippen LogP contribution in [-0.4, -0.2) is 30.4 Å². The summed E-state index contributed by atoms with van der Waals surface area (Å²) in [5, 5.41) is 6.09. The minimum atomic E-state index is -0.118. The summed E-state index contributed by atoms with van der Waals surface area (Å²) in [4.78, 5) is 24.4. The summed E-state index contributed by atoms with van der Waals surface area (Å²) in [6.45, 7) is 2.41. The maximum Gasteiger partial charge on any atom is 0.223 e. The van der Waals surface area contributed by atoms with E-state index in [1.54, 1.807) is 0 Å². The van der Waals surface area contributed by atoms with Gasteiger partial charge in [-0.2, -0.15) is 0 Å². The van der Waals surface area contributed by atoms with E-state index >= 15 is 0 Å². The molecule has 2 amide bonds. The molecule has 0 saturated heterocycles. The van der Waals surface area contributed by atoms with Crippen LogP contribution in [0.2, 0.25) is 0 Å². The Morgan fingerprint density at radius 1 is 1.00 bits per heavy atom. The Kier molecular flexibility index (Phi) is 9.67. The van der Waals surface area contributed by atoms with E-state index in [2.05, 4.69) is 10.6 Å². The monoisotopic (exact) mass is 359 g/mol. The highest BCUT2D eigenvalue weighted by Gasteiger charge is 2.26. The third-order valence-corrected chi connectivity index (χ3v) is 5.43. The first-order valence-electron chi connectivity index (χ1n) is 9.40. The second-order valence-corrected chi connectivity index (χ2v) is 7.40. The first-order chi connectivity index (χ1) is 11.1. The number of rotatable bonds is 7. The van der Waals surface area contributed by atoms with E-state index in [1.807, 2.05) is 6.92 Å². The molecule has 2 unspecified atom stereocenters. The van der Waals surface area contributed by atoms with E-state index in [0.29, 0.717) is 18.9 Å². The number of amides is 2. The Hall–Kier alpha value is -0.810. The maximum absolute atomic E-state index is 12.3. The second-order valence-electron chi connectivity index (χ2n) is 7.40. The molecular formula is C18H34ClN3O2. The van der Waals surface area contributed by atoms with E-state index < -0.39 is 0 Å². The van der Waals surface area contributed by atoms with Crippen LogP contribution in [-0.2, 0) is 9.59 Å². The molecule has 0 aromatic carbocycles. The largest absolute Gasteiger partial charge is 0.353 e. The highest BCUT2D eigenvalue weighted by Crippen LogP contribution is 2.26. The smallest absolute Gasteiger partial charge is 0.223 e. The summed E-state index contributed by atoms with van der Waals surface area (Å²) < 4.78 is 0. The molecule has 2 aliphatic carbocycles.